The van der Waals surface area contributed by atoms with Crippen LogP contribution in [0.5, 0.6) is 0 Å². The molecule has 0 bridgehead atoms. The van der Waals surface area contributed by atoms with E-state index in [0.29, 0.717) is 60.3 Å². The number of para-hydroxylation sites is 1. The molecule has 0 saturated carbocycles. The van der Waals surface area contributed by atoms with Crippen LogP contribution in [0.2, 0.25) is 0 Å². The van der Waals surface area contributed by atoms with Crippen molar-refractivity contribution < 1.29 is 30.0 Å². The number of hydrogen-bond acceptors (Lipinski definition) is 7. The average Bonchev–Trinajstić information content (AvgIpc) is 3.11. The monoisotopic (exact) mass is 755 g/mol. The van der Waals surface area contributed by atoms with Crippen LogP contribution in [0.15, 0.2) is 117 Å². The van der Waals surface area contributed by atoms with Gasteiger partial charge in [-0.25, -0.2) is 0 Å². The number of alkyl halides is 3. The number of nitrogens with zero attached hydrogens (tertiary/aromatic N) is 2. The van der Waals surface area contributed by atoms with Gasteiger partial charge in [-0.2, -0.15) is 25.2 Å². The predicted octanol–water partition coefficient (Wildman–Crippen LogP) is 8.33. The molecular formula is C37H36F3N3O5S3. The number of carbonyl (C=O) groups is 1. The van der Waals surface area contributed by atoms with Gasteiger partial charge in [-0.05, 0) is 111 Å². The minimum Gasteiger partial charge on any atom is -0.332 e. The number of halogens is 3. The zero-order valence-corrected chi connectivity index (χ0v) is 30.3. The molecule has 0 spiro atoms. The van der Waals surface area contributed by atoms with Gasteiger partial charge in [0.25, 0.3) is 5.56 Å². The van der Waals surface area contributed by atoms with Crippen LogP contribution in [0, 0.1) is 24.5 Å². The van der Waals surface area contributed by atoms with Gasteiger partial charge in [0.05, 0.1) is 10.9 Å². The second kappa shape index (κ2) is 14.5. The van der Waals surface area contributed by atoms with Gasteiger partial charge in [-0.1, -0.05) is 59.7 Å². The van der Waals surface area contributed by atoms with E-state index >= 15 is 0 Å². The first kappa shape index (κ1) is 36.7. The Bertz CT molecular complexity index is 2230. The summed E-state index contributed by atoms with van der Waals surface area (Å²) in [6, 6.07) is 26.3. The van der Waals surface area contributed by atoms with E-state index in [-0.39, 0.29) is 31.9 Å². The van der Waals surface area contributed by atoms with Gasteiger partial charge >= 0.3 is 15.6 Å². The molecule has 0 aliphatic carbocycles. The number of aromatic amines is 1. The number of Topliss-reactive ketones (excluding diaryl/α,β-unsaturated/α-hetero) is 1. The molecule has 6 rings (SSSR count). The number of fused-ring (bicyclic) bond motifs is 1. The lowest BCUT2D eigenvalue weighted by atomic mass is 9.89. The van der Waals surface area contributed by atoms with Crippen molar-refractivity contribution in [2.24, 2.45) is 5.92 Å². The van der Waals surface area contributed by atoms with Gasteiger partial charge in [0, 0.05) is 39.3 Å². The van der Waals surface area contributed by atoms with Crippen molar-refractivity contribution in [3.05, 3.63) is 129 Å². The molecule has 1 saturated heterocycles. The van der Waals surface area contributed by atoms with Crippen molar-refractivity contribution in [1.29, 1.82) is 0 Å². The number of rotatable bonds is 10. The Kier molecular flexibility index (Phi) is 10.4. The quantitative estimate of drug-likeness (QED) is 0.0869. The highest BCUT2D eigenvalue weighted by Gasteiger charge is 2.52. The van der Waals surface area contributed by atoms with E-state index in [4.69, 9.17) is 15.8 Å². The molecule has 51 heavy (non-hydrogen) atoms. The summed E-state index contributed by atoms with van der Waals surface area (Å²) in [6.07, 6.45) is 1.16. The Balaban J connectivity index is 1.23. The standard InChI is InChI=1S/C37H36F3N3O5S3/c1-25-7-13-29(14-8-25)50(30-15-9-26(2)10-16-30,48-51(46,47)37(38,39)40)31-17-11-27(12-18-31)34(44)28-19-21-42(22-20-28)23-24-43-35(45)32-5-3-4-6-33(32)41-36(43)49/h3-18,28H,19-24H2,1-2H3,(H,41,49). The number of ketones is 1. The van der Waals surface area contributed by atoms with Crippen molar-refractivity contribution in [3.63, 3.8) is 0 Å². The Morgan fingerprint density at radius 1 is 0.824 bits per heavy atom. The number of nitrogens with one attached hydrogen (secondary N) is 1. The number of benzene rings is 4. The van der Waals surface area contributed by atoms with Crippen LogP contribution < -0.4 is 5.56 Å². The van der Waals surface area contributed by atoms with Gasteiger partial charge < -0.3 is 9.88 Å². The molecule has 5 aromatic rings. The lowest BCUT2D eigenvalue weighted by Gasteiger charge is -2.39. The van der Waals surface area contributed by atoms with Crippen LogP contribution in [0.1, 0.15) is 34.3 Å². The highest BCUT2D eigenvalue weighted by Crippen LogP contribution is 2.70. The van der Waals surface area contributed by atoms with Gasteiger partial charge in [0.15, 0.2) is 10.6 Å². The van der Waals surface area contributed by atoms with E-state index in [2.05, 4.69) is 9.88 Å². The molecule has 1 aliphatic rings. The smallest absolute Gasteiger partial charge is 0.332 e. The summed E-state index contributed by atoms with van der Waals surface area (Å²) >= 11 is 5.44. The Labute approximate surface area is 300 Å². The fraction of sp³-hybridized carbons (Fsp3) is 0.270. The molecule has 0 unspecified atom stereocenters. The summed E-state index contributed by atoms with van der Waals surface area (Å²) in [7, 11) is -9.56. The molecule has 0 atom stereocenters. The summed E-state index contributed by atoms with van der Waals surface area (Å²) in [4.78, 5) is 32.7. The van der Waals surface area contributed by atoms with Crippen LogP contribution >= 0.6 is 22.5 Å². The summed E-state index contributed by atoms with van der Waals surface area (Å²) in [5, 5.41) is 0.562. The zero-order chi connectivity index (χ0) is 36.6. The molecule has 1 aromatic heterocycles. The largest absolute Gasteiger partial charge is 0.524 e. The molecule has 1 fully saturated rings. The summed E-state index contributed by atoms with van der Waals surface area (Å²) in [5.41, 5.74) is -3.11. The number of aryl methyl sites for hydroxylation is 2. The Morgan fingerprint density at radius 3 is 1.86 bits per heavy atom. The maximum Gasteiger partial charge on any atom is 0.524 e. The highest BCUT2D eigenvalue weighted by atomic mass is 32.3. The second-order valence-electron chi connectivity index (χ2n) is 12.6. The number of H-pyrrole nitrogens is 1. The van der Waals surface area contributed by atoms with Crippen molar-refractivity contribution >= 4 is 49.3 Å². The third kappa shape index (κ3) is 7.47. The van der Waals surface area contributed by atoms with Gasteiger partial charge in [-0.3, -0.25) is 14.2 Å². The SMILES string of the molecule is Cc1ccc(S(OS(=O)(=O)C(F)(F)F)(c2ccc(C)cc2)c2ccc(C(=O)C3CCN(CCn4c(=S)[nH]c5ccccc5c4=O)CC3)cc2)cc1. The molecule has 14 heteroatoms. The average molecular weight is 756 g/mol. The molecule has 2 heterocycles. The summed E-state index contributed by atoms with van der Waals surface area (Å²) in [5.74, 6) is -0.393. The van der Waals surface area contributed by atoms with Crippen molar-refractivity contribution in [2.45, 2.75) is 53.4 Å². The number of likely N-dealkylation sites (tertiary alicyclic amines) is 1. The van der Waals surface area contributed by atoms with E-state index in [1.54, 1.807) is 65.2 Å². The minimum absolute atomic E-state index is 0.107. The Hall–Kier alpha value is -4.08. The van der Waals surface area contributed by atoms with Crippen LogP contribution in [0.3, 0.4) is 0 Å². The van der Waals surface area contributed by atoms with Crippen LogP contribution in [-0.4, -0.2) is 53.8 Å². The molecular weight excluding hydrogens is 720 g/mol. The van der Waals surface area contributed by atoms with Gasteiger partial charge in [-0.15, -0.1) is 0 Å². The van der Waals surface area contributed by atoms with Crippen molar-refractivity contribution in [1.82, 2.24) is 14.5 Å². The first-order valence-electron chi connectivity index (χ1n) is 16.3. The third-order valence-corrected chi connectivity index (χ3v) is 14.4. The maximum atomic E-state index is 13.9. The molecule has 1 N–H and O–H groups in total. The van der Waals surface area contributed by atoms with Crippen molar-refractivity contribution in [2.75, 3.05) is 19.6 Å². The second-order valence-corrected chi connectivity index (χ2v) is 17.4. The normalized spacial score (nSPS) is 15.2. The molecule has 0 amide bonds. The molecule has 8 nitrogen and oxygen atoms in total. The summed E-state index contributed by atoms with van der Waals surface area (Å²) < 4.78 is 74.4. The first-order chi connectivity index (χ1) is 24.2. The van der Waals surface area contributed by atoms with Crippen LogP contribution in [-0.2, 0) is 20.3 Å². The molecule has 268 valence electrons. The maximum absolute atomic E-state index is 13.9. The van der Waals surface area contributed by atoms with Gasteiger partial charge in [0.1, 0.15) is 0 Å². The Morgan fingerprint density at radius 2 is 1.33 bits per heavy atom. The van der Waals surface area contributed by atoms with E-state index in [1.165, 1.54) is 24.3 Å². The lowest BCUT2D eigenvalue weighted by molar-refractivity contribution is -0.0496. The number of piperidine rings is 1. The number of aromatic nitrogens is 2. The first-order valence-corrected chi connectivity index (χ1v) is 19.6. The molecule has 4 aromatic carbocycles. The minimum atomic E-state index is -6.07. The van der Waals surface area contributed by atoms with Crippen LogP contribution in [0.4, 0.5) is 13.2 Å². The van der Waals surface area contributed by atoms with Crippen molar-refractivity contribution in [3.8, 4) is 0 Å². The zero-order valence-electron chi connectivity index (χ0n) is 27.9. The van der Waals surface area contributed by atoms with E-state index in [1.807, 2.05) is 26.0 Å². The van der Waals surface area contributed by atoms with E-state index in [9.17, 15) is 31.2 Å². The number of hydrogen-bond donors (Lipinski definition) is 1. The fourth-order valence-electron chi connectivity index (χ4n) is 6.27. The topological polar surface area (TPSA) is 101 Å². The third-order valence-electron chi connectivity index (χ3n) is 9.14. The summed E-state index contributed by atoms with van der Waals surface area (Å²) in [6.45, 7) is 5.86. The molecule has 0 radical (unpaired) electrons. The number of carbonyl (C=O) groups excluding carboxylic acids is 1. The lowest BCUT2D eigenvalue weighted by Crippen LogP contribution is -2.39. The predicted molar refractivity (Wildman–Crippen MR) is 194 cm³/mol. The van der Waals surface area contributed by atoms with Crippen LogP contribution in [0.25, 0.3) is 10.9 Å². The molecule has 1 aliphatic heterocycles. The van der Waals surface area contributed by atoms with E-state index in [0.717, 1.165) is 11.1 Å². The van der Waals surface area contributed by atoms with E-state index < -0.39 is 25.9 Å². The highest BCUT2D eigenvalue weighted by molar-refractivity contribution is 8.33. The fourth-order valence-corrected chi connectivity index (χ4v) is 11.3. The van der Waals surface area contributed by atoms with Gasteiger partial charge in [0.2, 0.25) is 0 Å².